The van der Waals surface area contributed by atoms with E-state index in [2.05, 4.69) is 0 Å². The number of β-amino-alcohol motifs (C(OH)–C–C–N with tert-alkyl or cyclic N) is 1. The first kappa shape index (κ1) is 15.1. The molecule has 22 heavy (non-hydrogen) atoms. The molecule has 4 nitrogen and oxygen atoms in total. The van der Waals surface area contributed by atoms with Crippen LogP contribution in [0.5, 0.6) is 0 Å². The van der Waals surface area contributed by atoms with Gasteiger partial charge in [-0.3, -0.25) is 14.5 Å². The summed E-state index contributed by atoms with van der Waals surface area (Å²) in [5, 5.41) is 10.1. The monoisotopic (exact) mass is 309 g/mol. The Morgan fingerprint density at radius 2 is 1.73 bits per heavy atom. The lowest BCUT2D eigenvalue weighted by Gasteiger charge is -2.19. The molecule has 0 radical (unpaired) electrons. The molecule has 2 aliphatic rings. The molecular formula is C16H17F2NO3. The van der Waals surface area contributed by atoms with Gasteiger partial charge in [0, 0.05) is 11.6 Å². The molecule has 1 aromatic carbocycles. The molecule has 1 aliphatic heterocycles. The van der Waals surface area contributed by atoms with Crippen LogP contribution < -0.4 is 0 Å². The molecule has 1 aromatic rings. The number of hydrogen-bond donors (Lipinski definition) is 1. The van der Waals surface area contributed by atoms with Crippen LogP contribution in [0, 0.1) is 23.5 Å². The van der Waals surface area contributed by atoms with Crippen molar-refractivity contribution in [1.82, 2.24) is 4.90 Å². The van der Waals surface area contributed by atoms with Gasteiger partial charge in [-0.2, -0.15) is 0 Å². The highest BCUT2D eigenvalue weighted by atomic mass is 19.1. The first-order chi connectivity index (χ1) is 10.5. The van der Waals surface area contributed by atoms with E-state index in [9.17, 15) is 23.5 Å². The van der Waals surface area contributed by atoms with Crippen molar-refractivity contribution in [2.24, 2.45) is 11.8 Å². The van der Waals surface area contributed by atoms with E-state index >= 15 is 0 Å². The summed E-state index contributed by atoms with van der Waals surface area (Å²) in [5.41, 5.74) is -0.114. The number of aliphatic hydroxyl groups is 1. The molecule has 1 saturated carbocycles. The maximum absolute atomic E-state index is 13.7. The van der Waals surface area contributed by atoms with Crippen LogP contribution in [0.3, 0.4) is 0 Å². The van der Waals surface area contributed by atoms with E-state index in [-0.39, 0.29) is 35.8 Å². The van der Waals surface area contributed by atoms with Gasteiger partial charge in [0.2, 0.25) is 11.8 Å². The second-order valence-electron chi connectivity index (χ2n) is 5.97. The molecule has 1 N–H and O–H groups in total. The highest BCUT2D eigenvalue weighted by molar-refractivity contribution is 6.05. The molecule has 1 saturated heterocycles. The smallest absolute Gasteiger partial charge is 0.233 e. The fourth-order valence-electron chi connectivity index (χ4n) is 3.45. The van der Waals surface area contributed by atoms with Crippen LogP contribution in [0.4, 0.5) is 8.78 Å². The Bertz CT molecular complexity index is 595. The van der Waals surface area contributed by atoms with Gasteiger partial charge in [-0.15, -0.1) is 0 Å². The number of amides is 2. The second kappa shape index (κ2) is 5.76. The third-order valence-corrected chi connectivity index (χ3v) is 4.61. The predicted octanol–water partition coefficient (Wildman–Crippen LogP) is 2.17. The highest BCUT2D eigenvalue weighted by Crippen LogP contribution is 2.38. The molecule has 0 bridgehead atoms. The Morgan fingerprint density at radius 3 is 2.27 bits per heavy atom. The van der Waals surface area contributed by atoms with Gasteiger partial charge in [-0.05, 0) is 18.9 Å². The average molecular weight is 309 g/mol. The second-order valence-corrected chi connectivity index (χ2v) is 5.97. The number of rotatable bonds is 3. The van der Waals surface area contributed by atoms with Gasteiger partial charge in [-0.1, -0.05) is 18.9 Å². The van der Waals surface area contributed by atoms with Crippen LogP contribution >= 0.6 is 0 Å². The number of fused-ring (bicyclic) bond motifs is 1. The zero-order valence-corrected chi connectivity index (χ0v) is 12.0. The molecule has 3 rings (SSSR count). The molecule has 6 heteroatoms. The maximum Gasteiger partial charge on any atom is 0.233 e. The van der Waals surface area contributed by atoms with E-state index < -0.39 is 17.7 Å². The molecule has 3 atom stereocenters. The lowest BCUT2D eigenvalue weighted by atomic mass is 9.81. The largest absolute Gasteiger partial charge is 0.386 e. The third-order valence-electron chi connectivity index (χ3n) is 4.61. The van der Waals surface area contributed by atoms with Crippen molar-refractivity contribution in [3.63, 3.8) is 0 Å². The van der Waals surface area contributed by atoms with E-state index in [0.717, 1.165) is 29.9 Å². The van der Waals surface area contributed by atoms with Crippen molar-refractivity contribution in [1.29, 1.82) is 0 Å². The molecular weight excluding hydrogens is 292 g/mol. The van der Waals surface area contributed by atoms with Gasteiger partial charge in [-0.25, -0.2) is 8.78 Å². The zero-order valence-electron chi connectivity index (χ0n) is 12.0. The van der Waals surface area contributed by atoms with E-state index in [1.54, 1.807) is 0 Å². The molecule has 0 aromatic heterocycles. The standard InChI is InChI=1S/C16H17F2NO3/c17-9-5-6-12(13(18)7-9)14(20)8-19-15(21)10-3-1-2-4-11(10)16(19)22/h5-7,10-11,14,20H,1-4,8H2/t10-,11+,14-/m1/s1. The number of halogens is 2. The number of likely N-dealkylation sites (tertiary alicyclic amines) is 1. The molecule has 2 fully saturated rings. The molecule has 0 unspecified atom stereocenters. The summed E-state index contributed by atoms with van der Waals surface area (Å²) >= 11 is 0. The number of carbonyl (C=O) groups is 2. The molecule has 0 spiro atoms. The summed E-state index contributed by atoms with van der Waals surface area (Å²) in [6, 6.07) is 2.84. The van der Waals surface area contributed by atoms with Crippen molar-refractivity contribution in [2.75, 3.05) is 6.54 Å². The summed E-state index contributed by atoms with van der Waals surface area (Å²) in [6.07, 6.45) is 1.86. The topological polar surface area (TPSA) is 57.6 Å². The van der Waals surface area contributed by atoms with Crippen LogP contribution in [-0.2, 0) is 9.59 Å². The summed E-state index contributed by atoms with van der Waals surface area (Å²) in [4.78, 5) is 25.6. The number of aliphatic hydroxyl groups excluding tert-OH is 1. The Balaban J connectivity index is 1.77. The molecule has 1 aliphatic carbocycles. The number of carbonyl (C=O) groups excluding carboxylic acids is 2. The van der Waals surface area contributed by atoms with Crippen LogP contribution in [0.2, 0.25) is 0 Å². The molecule has 1 heterocycles. The van der Waals surface area contributed by atoms with Gasteiger partial charge in [0.25, 0.3) is 0 Å². The quantitative estimate of drug-likeness (QED) is 0.871. The number of imide groups is 1. The number of benzene rings is 1. The fourth-order valence-corrected chi connectivity index (χ4v) is 3.45. The van der Waals surface area contributed by atoms with Crippen LogP contribution in [0.15, 0.2) is 18.2 Å². The maximum atomic E-state index is 13.7. The van der Waals surface area contributed by atoms with Crippen molar-refractivity contribution in [2.45, 2.75) is 31.8 Å². The van der Waals surface area contributed by atoms with Gasteiger partial charge in [0.15, 0.2) is 0 Å². The van der Waals surface area contributed by atoms with Gasteiger partial charge >= 0.3 is 0 Å². The zero-order chi connectivity index (χ0) is 15.9. The van der Waals surface area contributed by atoms with Gasteiger partial charge < -0.3 is 5.11 Å². The van der Waals surface area contributed by atoms with Crippen LogP contribution in [0.1, 0.15) is 37.4 Å². The summed E-state index contributed by atoms with van der Waals surface area (Å²) < 4.78 is 26.6. The van der Waals surface area contributed by atoms with Crippen molar-refractivity contribution < 1.29 is 23.5 Å². The average Bonchev–Trinajstić information content (AvgIpc) is 2.73. The third kappa shape index (κ3) is 2.52. The minimum Gasteiger partial charge on any atom is -0.386 e. The lowest BCUT2D eigenvalue weighted by Crippen LogP contribution is -2.35. The minimum atomic E-state index is -1.35. The lowest BCUT2D eigenvalue weighted by molar-refractivity contribution is -0.141. The predicted molar refractivity (Wildman–Crippen MR) is 73.5 cm³/mol. The Labute approximate surface area is 126 Å². The summed E-state index contributed by atoms with van der Waals surface area (Å²) in [7, 11) is 0. The first-order valence-corrected chi connectivity index (χ1v) is 7.47. The summed E-state index contributed by atoms with van der Waals surface area (Å²) in [5.74, 6) is -2.79. The van der Waals surface area contributed by atoms with E-state index in [0.29, 0.717) is 18.9 Å². The summed E-state index contributed by atoms with van der Waals surface area (Å²) in [6.45, 7) is -0.285. The normalized spacial score (nSPS) is 26.2. The SMILES string of the molecule is O=C1[C@H]2CCCC[C@H]2C(=O)N1C[C@@H](O)c1ccc(F)cc1F. The first-order valence-electron chi connectivity index (χ1n) is 7.47. The van der Waals surface area contributed by atoms with Gasteiger partial charge in [0.1, 0.15) is 11.6 Å². The Hall–Kier alpha value is -1.82. The fraction of sp³-hybridized carbons (Fsp3) is 0.500. The highest BCUT2D eigenvalue weighted by Gasteiger charge is 2.48. The Kier molecular flexibility index (Phi) is 3.95. The molecule has 118 valence electrons. The molecule has 2 amide bonds. The number of nitrogens with zero attached hydrogens (tertiary/aromatic N) is 1. The van der Waals surface area contributed by atoms with Crippen molar-refractivity contribution in [3.05, 3.63) is 35.4 Å². The minimum absolute atomic E-state index is 0.114. The van der Waals surface area contributed by atoms with Crippen molar-refractivity contribution in [3.8, 4) is 0 Å². The Morgan fingerprint density at radius 1 is 1.14 bits per heavy atom. The van der Waals surface area contributed by atoms with Crippen LogP contribution in [-0.4, -0.2) is 28.4 Å². The number of hydrogen-bond acceptors (Lipinski definition) is 3. The van der Waals surface area contributed by atoms with Crippen LogP contribution in [0.25, 0.3) is 0 Å². The van der Waals surface area contributed by atoms with Gasteiger partial charge in [0.05, 0.1) is 24.5 Å². The van der Waals surface area contributed by atoms with E-state index in [1.165, 1.54) is 0 Å². The van der Waals surface area contributed by atoms with E-state index in [4.69, 9.17) is 0 Å². The van der Waals surface area contributed by atoms with E-state index in [1.807, 2.05) is 0 Å². The van der Waals surface area contributed by atoms with Crippen molar-refractivity contribution >= 4 is 11.8 Å².